The van der Waals surface area contributed by atoms with Gasteiger partial charge in [0.2, 0.25) is 0 Å². The monoisotopic (exact) mass is 276 g/mol. The highest BCUT2D eigenvalue weighted by molar-refractivity contribution is 5.99. The Morgan fingerprint density at radius 3 is 2.75 bits per heavy atom. The predicted octanol–water partition coefficient (Wildman–Crippen LogP) is 3.09. The third-order valence-electron chi connectivity index (χ3n) is 3.44. The molecule has 108 valence electrons. The molecule has 1 aromatic rings. The first-order chi connectivity index (χ1) is 9.67. The lowest BCUT2D eigenvalue weighted by atomic mass is 9.99. The molecule has 0 aliphatic heterocycles. The SMILES string of the molecule is COCOc1ccc(C)cc1C1=C(C(=O)OC)CCC1. The van der Waals surface area contributed by atoms with Crippen LogP contribution in [-0.2, 0) is 14.3 Å². The zero-order valence-corrected chi connectivity index (χ0v) is 12.2. The molecule has 0 unspecified atom stereocenters. The molecule has 0 spiro atoms. The third-order valence-corrected chi connectivity index (χ3v) is 3.44. The molecular weight excluding hydrogens is 256 g/mol. The van der Waals surface area contributed by atoms with Crippen LogP contribution in [0.5, 0.6) is 5.75 Å². The van der Waals surface area contributed by atoms with Gasteiger partial charge in [-0.05, 0) is 43.9 Å². The number of rotatable bonds is 5. The van der Waals surface area contributed by atoms with Gasteiger partial charge in [0.25, 0.3) is 0 Å². The summed E-state index contributed by atoms with van der Waals surface area (Å²) in [6.07, 6.45) is 2.61. The second-order valence-electron chi connectivity index (χ2n) is 4.85. The fourth-order valence-electron chi connectivity index (χ4n) is 2.52. The van der Waals surface area contributed by atoms with Crippen molar-refractivity contribution < 1.29 is 19.0 Å². The third kappa shape index (κ3) is 3.02. The number of ether oxygens (including phenoxy) is 3. The highest BCUT2D eigenvalue weighted by atomic mass is 16.7. The summed E-state index contributed by atoms with van der Waals surface area (Å²) in [5, 5.41) is 0. The number of carbonyl (C=O) groups is 1. The lowest BCUT2D eigenvalue weighted by Gasteiger charge is -2.14. The summed E-state index contributed by atoms with van der Waals surface area (Å²) in [6.45, 7) is 2.22. The van der Waals surface area contributed by atoms with E-state index in [1.807, 2.05) is 19.1 Å². The van der Waals surface area contributed by atoms with Crippen molar-refractivity contribution in [2.75, 3.05) is 21.0 Å². The summed E-state index contributed by atoms with van der Waals surface area (Å²) < 4.78 is 15.4. The maximum absolute atomic E-state index is 11.9. The number of carbonyl (C=O) groups excluding carboxylic acids is 1. The average molecular weight is 276 g/mol. The van der Waals surface area contributed by atoms with Gasteiger partial charge in [-0.3, -0.25) is 0 Å². The summed E-state index contributed by atoms with van der Waals surface area (Å²) in [5.41, 5.74) is 3.90. The first kappa shape index (κ1) is 14.6. The van der Waals surface area contributed by atoms with E-state index in [1.165, 1.54) is 7.11 Å². The highest BCUT2D eigenvalue weighted by Crippen LogP contribution is 2.39. The van der Waals surface area contributed by atoms with E-state index in [0.29, 0.717) is 0 Å². The molecule has 0 saturated carbocycles. The summed E-state index contributed by atoms with van der Waals surface area (Å²) >= 11 is 0. The second-order valence-corrected chi connectivity index (χ2v) is 4.85. The molecule has 0 bridgehead atoms. The van der Waals surface area contributed by atoms with Gasteiger partial charge in [0, 0.05) is 18.2 Å². The van der Waals surface area contributed by atoms with E-state index < -0.39 is 0 Å². The Morgan fingerprint density at radius 1 is 1.25 bits per heavy atom. The van der Waals surface area contributed by atoms with Gasteiger partial charge in [-0.1, -0.05) is 11.6 Å². The summed E-state index contributed by atoms with van der Waals surface area (Å²) in [6, 6.07) is 5.96. The van der Waals surface area contributed by atoms with Gasteiger partial charge < -0.3 is 14.2 Å². The maximum atomic E-state index is 11.9. The van der Waals surface area contributed by atoms with E-state index in [2.05, 4.69) is 6.07 Å². The lowest BCUT2D eigenvalue weighted by molar-refractivity contribution is -0.136. The van der Waals surface area contributed by atoms with Crippen LogP contribution in [-0.4, -0.2) is 27.0 Å². The topological polar surface area (TPSA) is 44.8 Å². The fraction of sp³-hybridized carbons (Fsp3) is 0.438. The van der Waals surface area contributed by atoms with Crippen LogP contribution in [0.3, 0.4) is 0 Å². The second kappa shape index (κ2) is 6.57. The molecule has 4 heteroatoms. The number of aryl methyl sites for hydroxylation is 1. The van der Waals surface area contributed by atoms with Crippen molar-refractivity contribution in [3.05, 3.63) is 34.9 Å². The molecule has 0 fully saturated rings. The van der Waals surface area contributed by atoms with Crippen molar-refractivity contribution in [3.8, 4) is 5.75 Å². The Kier molecular flexibility index (Phi) is 4.79. The van der Waals surface area contributed by atoms with Crippen LogP contribution in [0.4, 0.5) is 0 Å². The van der Waals surface area contributed by atoms with Crippen LogP contribution >= 0.6 is 0 Å². The van der Waals surface area contributed by atoms with Crippen molar-refractivity contribution in [1.29, 1.82) is 0 Å². The van der Waals surface area contributed by atoms with Crippen LogP contribution in [0.2, 0.25) is 0 Å². The van der Waals surface area contributed by atoms with Gasteiger partial charge in [0.15, 0.2) is 6.79 Å². The Balaban J connectivity index is 2.44. The minimum Gasteiger partial charge on any atom is -0.467 e. The molecule has 1 aliphatic carbocycles. The predicted molar refractivity (Wildman–Crippen MR) is 76.5 cm³/mol. The molecule has 2 rings (SSSR count). The zero-order valence-electron chi connectivity index (χ0n) is 12.2. The molecule has 20 heavy (non-hydrogen) atoms. The van der Waals surface area contributed by atoms with Crippen LogP contribution in [0.25, 0.3) is 5.57 Å². The average Bonchev–Trinajstić information content (AvgIpc) is 2.94. The van der Waals surface area contributed by atoms with Gasteiger partial charge in [0.05, 0.1) is 7.11 Å². The Morgan fingerprint density at radius 2 is 2.05 bits per heavy atom. The number of hydrogen-bond donors (Lipinski definition) is 0. The molecule has 0 aromatic heterocycles. The largest absolute Gasteiger partial charge is 0.467 e. The van der Waals surface area contributed by atoms with E-state index in [1.54, 1.807) is 7.11 Å². The summed E-state index contributed by atoms with van der Waals surface area (Å²) in [5.74, 6) is 0.507. The quantitative estimate of drug-likeness (QED) is 0.612. The van der Waals surface area contributed by atoms with Crippen LogP contribution in [0.1, 0.15) is 30.4 Å². The van der Waals surface area contributed by atoms with Crippen LogP contribution in [0, 0.1) is 6.92 Å². The molecule has 1 aromatic carbocycles. The van der Waals surface area contributed by atoms with Crippen molar-refractivity contribution in [1.82, 2.24) is 0 Å². The smallest absolute Gasteiger partial charge is 0.334 e. The first-order valence-corrected chi connectivity index (χ1v) is 6.70. The van der Waals surface area contributed by atoms with Crippen LogP contribution < -0.4 is 4.74 Å². The highest BCUT2D eigenvalue weighted by Gasteiger charge is 2.24. The van der Waals surface area contributed by atoms with Crippen molar-refractivity contribution in [2.45, 2.75) is 26.2 Å². The number of methoxy groups -OCH3 is 2. The minimum atomic E-state index is -0.239. The molecular formula is C16H20O4. The molecule has 1 aliphatic rings. The molecule has 0 radical (unpaired) electrons. The van der Waals surface area contributed by atoms with Gasteiger partial charge >= 0.3 is 5.97 Å². The van der Waals surface area contributed by atoms with Gasteiger partial charge in [-0.2, -0.15) is 0 Å². The lowest BCUT2D eigenvalue weighted by Crippen LogP contribution is -2.06. The van der Waals surface area contributed by atoms with Crippen molar-refractivity contribution in [2.24, 2.45) is 0 Å². The number of allylic oxidation sites excluding steroid dienone is 1. The zero-order chi connectivity index (χ0) is 14.5. The number of esters is 1. The summed E-state index contributed by atoms with van der Waals surface area (Å²) in [7, 11) is 3.01. The van der Waals surface area contributed by atoms with Crippen molar-refractivity contribution >= 4 is 11.5 Å². The van der Waals surface area contributed by atoms with E-state index in [-0.39, 0.29) is 12.8 Å². The van der Waals surface area contributed by atoms with Crippen LogP contribution in [0.15, 0.2) is 23.8 Å². The van der Waals surface area contributed by atoms with E-state index in [9.17, 15) is 4.79 Å². The molecule has 0 saturated heterocycles. The number of hydrogen-bond acceptors (Lipinski definition) is 4. The molecule has 0 N–H and O–H groups in total. The number of benzene rings is 1. The Labute approximate surface area is 119 Å². The standard InChI is InChI=1S/C16H20O4/c1-11-7-8-15(20-10-18-2)14(9-11)12-5-4-6-13(12)16(17)19-3/h7-9H,4-6,10H2,1-3H3. The fourth-order valence-corrected chi connectivity index (χ4v) is 2.52. The van der Waals surface area contributed by atoms with Crippen molar-refractivity contribution in [3.63, 3.8) is 0 Å². The molecule has 0 heterocycles. The van der Waals surface area contributed by atoms with Gasteiger partial charge in [0.1, 0.15) is 5.75 Å². The molecule has 0 atom stereocenters. The van der Waals surface area contributed by atoms with E-state index >= 15 is 0 Å². The molecule has 0 amide bonds. The maximum Gasteiger partial charge on any atom is 0.334 e. The first-order valence-electron chi connectivity index (χ1n) is 6.70. The van der Waals surface area contributed by atoms with E-state index in [0.717, 1.165) is 47.3 Å². The van der Waals surface area contributed by atoms with Gasteiger partial charge in [-0.15, -0.1) is 0 Å². The normalized spacial score (nSPS) is 14.6. The summed E-state index contributed by atoms with van der Waals surface area (Å²) in [4.78, 5) is 11.9. The minimum absolute atomic E-state index is 0.191. The molecule has 4 nitrogen and oxygen atoms in total. The van der Waals surface area contributed by atoms with Gasteiger partial charge in [-0.25, -0.2) is 4.79 Å². The Hall–Kier alpha value is -1.81. The Bertz CT molecular complexity index is 531. The van der Waals surface area contributed by atoms with E-state index in [4.69, 9.17) is 14.2 Å².